The van der Waals surface area contributed by atoms with Gasteiger partial charge in [-0.2, -0.15) is 0 Å². The maximum atomic E-state index is 4.47. The molecule has 0 saturated carbocycles. The first-order valence-electron chi connectivity index (χ1n) is 10.5. The number of guanidine groups is 1. The fourth-order valence-corrected chi connectivity index (χ4v) is 3.68. The van der Waals surface area contributed by atoms with E-state index in [1.165, 1.54) is 11.1 Å². The first-order valence-corrected chi connectivity index (χ1v) is 10.5. The molecule has 2 aromatic carbocycles. The second-order valence-electron chi connectivity index (χ2n) is 7.50. The standard InChI is InChI=1S/C24H24N8.HI/c1-25-24(27-15-23-30-29-22-8-4-5-13-32(22)23)26-14-18-9-11-19(12-10-18)16-31-17-28-20-6-2-3-7-21(20)31;/h2-13,17H,14-16H2,1H3,(H2,25,26,27);1H. The summed E-state index contributed by atoms with van der Waals surface area (Å²) < 4.78 is 4.13. The Hall–Kier alpha value is -3.47. The van der Waals surface area contributed by atoms with Crippen molar-refractivity contribution in [1.82, 2.24) is 34.8 Å². The molecule has 0 bridgehead atoms. The minimum Gasteiger partial charge on any atom is -0.352 e. The highest BCUT2D eigenvalue weighted by atomic mass is 127. The molecule has 0 spiro atoms. The Kier molecular flexibility index (Phi) is 7.18. The minimum atomic E-state index is 0. The quantitative estimate of drug-likeness (QED) is 0.191. The van der Waals surface area contributed by atoms with Crippen LogP contribution in [0.3, 0.4) is 0 Å². The molecule has 5 aromatic rings. The third kappa shape index (κ3) is 5.14. The van der Waals surface area contributed by atoms with Crippen molar-refractivity contribution in [3.63, 3.8) is 0 Å². The van der Waals surface area contributed by atoms with E-state index >= 15 is 0 Å². The number of para-hydroxylation sites is 2. The number of halogens is 1. The third-order valence-corrected chi connectivity index (χ3v) is 5.39. The summed E-state index contributed by atoms with van der Waals surface area (Å²) in [4.78, 5) is 8.77. The Morgan fingerprint density at radius 2 is 1.64 bits per heavy atom. The lowest BCUT2D eigenvalue weighted by Crippen LogP contribution is -2.36. The number of nitrogens with one attached hydrogen (secondary N) is 2. The van der Waals surface area contributed by atoms with E-state index in [1.54, 1.807) is 7.05 Å². The lowest BCUT2D eigenvalue weighted by Gasteiger charge is -2.12. The lowest BCUT2D eigenvalue weighted by molar-refractivity contribution is 0.762. The summed E-state index contributed by atoms with van der Waals surface area (Å²) >= 11 is 0. The van der Waals surface area contributed by atoms with Crippen LogP contribution in [-0.4, -0.2) is 37.2 Å². The second kappa shape index (κ2) is 10.4. The molecule has 9 heteroatoms. The molecule has 8 nitrogen and oxygen atoms in total. The van der Waals surface area contributed by atoms with Gasteiger partial charge < -0.3 is 15.2 Å². The van der Waals surface area contributed by atoms with Crippen LogP contribution >= 0.6 is 24.0 Å². The molecule has 0 aliphatic heterocycles. The predicted octanol–water partition coefficient (Wildman–Crippen LogP) is 3.61. The maximum absolute atomic E-state index is 4.47. The molecule has 5 rings (SSSR count). The van der Waals surface area contributed by atoms with Crippen LogP contribution < -0.4 is 10.6 Å². The first-order chi connectivity index (χ1) is 15.8. The Balaban J connectivity index is 0.00000259. The van der Waals surface area contributed by atoms with E-state index in [0.29, 0.717) is 19.0 Å². The van der Waals surface area contributed by atoms with E-state index in [-0.39, 0.29) is 24.0 Å². The maximum Gasteiger partial charge on any atom is 0.191 e. The zero-order valence-electron chi connectivity index (χ0n) is 18.2. The number of hydrogen-bond acceptors (Lipinski definition) is 4. The first kappa shape index (κ1) is 22.7. The molecule has 0 unspecified atom stereocenters. The average molecular weight is 552 g/mol. The number of rotatable bonds is 6. The monoisotopic (exact) mass is 552 g/mol. The summed E-state index contributed by atoms with van der Waals surface area (Å²) in [5.41, 5.74) is 5.41. The molecule has 0 aliphatic rings. The van der Waals surface area contributed by atoms with E-state index in [0.717, 1.165) is 29.0 Å². The highest BCUT2D eigenvalue weighted by Gasteiger charge is 2.06. The number of imidazole rings is 1. The van der Waals surface area contributed by atoms with Crippen LogP contribution in [0.2, 0.25) is 0 Å². The summed E-state index contributed by atoms with van der Waals surface area (Å²) in [5.74, 6) is 1.55. The molecule has 3 heterocycles. The molecule has 0 atom stereocenters. The molecule has 2 N–H and O–H groups in total. The van der Waals surface area contributed by atoms with E-state index in [1.807, 2.05) is 53.3 Å². The zero-order valence-corrected chi connectivity index (χ0v) is 20.5. The van der Waals surface area contributed by atoms with Crippen molar-refractivity contribution < 1.29 is 0 Å². The van der Waals surface area contributed by atoms with Gasteiger partial charge in [0.2, 0.25) is 0 Å². The van der Waals surface area contributed by atoms with E-state index in [2.05, 4.69) is 65.7 Å². The van der Waals surface area contributed by atoms with E-state index in [4.69, 9.17) is 0 Å². The van der Waals surface area contributed by atoms with Crippen molar-refractivity contribution in [2.24, 2.45) is 4.99 Å². The summed E-state index contributed by atoms with van der Waals surface area (Å²) in [6.45, 7) is 2.00. The number of fused-ring (bicyclic) bond motifs is 2. The molecule has 3 aromatic heterocycles. The van der Waals surface area contributed by atoms with Crippen molar-refractivity contribution in [3.8, 4) is 0 Å². The van der Waals surface area contributed by atoms with Gasteiger partial charge in [-0.05, 0) is 35.4 Å². The van der Waals surface area contributed by atoms with Gasteiger partial charge in [0.05, 0.1) is 23.9 Å². The van der Waals surface area contributed by atoms with Gasteiger partial charge in [0.1, 0.15) is 0 Å². The van der Waals surface area contributed by atoms with Gasteiger partial charge in [-0.25, -0.2) is 4.98 Å². The van der Waals surface area contributed by atoms with Crippen molar-refractivity contribution in [2.75, 3.05) is 7.05 Å². The largest absolute Gasteiger partial charge is 0.352 e. The number of aromatic nitrogens is 5. The molecule has 0 radical (unpaired) electrons. The van der Waals surface area contributed by atoms with Crippen LogP contribution in [-0.2, 0) is 19.6 Å². The van der Waals surface area contributed by atoms with Gasteiger partial charge in [-0.1, -0.05) is 42.5 Å². The third-order valence-electron chi connectivity index (χ3n) is 5.39. The van der Waals surface area contributed by atoms with Gasteiger partial charge in [0, 0.05) is 26.3 Å². The van der Waals surface area contributed by atoms with E-state index in [9.17, 15) is 0 Å². The van der Waals surface area contributed by atoms with Crippen LogP contribution in [0.15, 0.2) is 84.2 Å². The van der Waals surface area contributed by atoms with Gasteiger partial charge in [0.15, 0.2) is 17.4 Å². The Labute approximate surface area is 208 Å². The number of hydrogen-bond donors (Lipinski definition) is 2. The molecule has 33 heavy (non-hydrogen) atoms. The predicted molar refractivity (Wildman–Crippen MR) is 141 cm³/mol. The van der Waals surface area contributed by atoms with Crippen molar-refractivity contribution in [1.29, 1.82) is 0 Å². The molecule has 0 aliphatic carbocycles. The average Bonchev–Trinajstić information content (AvgIpc) is 3.44. The van der Waals surface area contributed by atoms with Gasteiger partial charge in [-0.3, -0.25) is 9.39 Å². The fraction of sp³-hybridized carbons (Fsp3) is 0.167. The molecular formula is C24H25IN8. The summed E-state index contributed by atoms with van der Waals surface area (Å²) in [6.07, 6.45) is 3.85. The van der Waals surface area contributed by atoms with Gasteiger partial charge >= 0.3 is 0 Å². The molecule has 168 valence electrons. The normalized spacial score (nSPS) is 11.5. The Bertz CT molecular complexity index is 1370. The number of nitrogens with zero attached hydrogens (tertiary/aromatic N) is 6. The topological polar surface area (TPSA) is 84.4 Å². The van der Waals surface area contributed by atoms with Gasteiger partial charge in [-0.15, -0.1) is 34.2 Å². The highest BCUT2D eigenvalue weighted by molar-refractivity contribution is 14.0. The van der Waals surface area contributed by atoms with Gasteiger partial charge in [0.25, 0.3) is 0 Å². The summed E-state index contributed by atoms with van der Waals surface area (Å²) in [5, 5.41) is 15.1. The molecule has 0 saturated heterocycles. The number of benzene rings is 2. The molecular weight excluding hydrogens is 527 g/mol. The Morgan fingerprint density at radius 3 is 2.48 bits per heavy atom. The minimum absolute atomic E-state index is 0. The van der Waals surface area contributed by atoms with Crippen LogP contribution in [0.25, 0.3) is 16.7 Å². The second-order valence-corrected chi connectivity index (χ2v) is 7.50. The number of aliphatic imine (C=N–C) groups is 1. The Morgan fingerprint density at radius 1 is 0.879 bits per heavy atom. The summed E-state index contributed by atoms with van der Waals surface area (Å²) in [6, 6.07) is 22.6. The van der Waals surface area contributed by atoms with Crippen LogP contribution in [0.5, 0.6) is 0 Å². The molecule has 0 fully saturated rings. The smallest absolute Gasteiger partial charge is 0.191 e. The van der Waals surface area contributed by atoms with Crippen LogP contribution in [0, 0.1) is 0 Å². The fourth-order valence-electron chi connectivity index (χ4n) is 3.68. The van der Waals surface area contributed by atoms with Crippen LogP contribution in [0.4, 0.5) is 0 Å². The van der Waals surface area contributed by atoms with Crippen molar-refractivity contribution in [3.05, 3.63) is 96.2 Å². The van der Waals surface area contributed by atoms with Crippen molar-refractivity contribution in [2.45, 2.75) is 19.6 Å². The van der Waals surface area contributed by atoms with Crippen molar-refractivity contribution >= 4 is 46.6 Å². The number of pyridine rings is 1. The molecule has 0 amide bonds. The lowest BCUT2D eigenvalue weighted by atomic mass is 10.1. The van der Waals surface area contributed by atoms with Crippen LogP contribution in [0.1, 0.15) is 17.0 Å². The zero-order chi connectivity index (χ0) is 21.8. The highest BCUT2D eigenvalue weighted by Crippen LogP contribution is 2.14. The summed E-state index contributed by atoms with van der Waals surface area (Å²) in [7, 11) is 1.76. The SMILES string of the molecule is CN=C(NCc1ccc(Cn2cnc3ccccc32)cc1)NCc1nnc2ccccn12.I. The van der Waals surface area contributed by atoms with E-state index < -0.39 is 0 Å².